The molecule has 1 aliphatic carbocycles. The summed E-state index contributed by atoms with van der Waals surface area (Å²) in [5.74, 6) is -1.26. The van der Waals surface area contributed by atoms with Crippen LogP contribution >= 0.6 is 11.3 Å². The number of carbonyl (C=O) groups excluding carboxylic acids is 1. The molecule has 0 bridgehead atoms. The number of hydrogen-bond donors (Lipinski definition) is 1. The summed E-state index contributed by atoms with van der Waals surface area (Å²) in [5, 5.41) is 11.0. The summed E-state index contributed by atoms with van der Waals surface area (Å²) in [6, 6.07) is 0. The Balaban J connectivity index is 1.93. The van der Waals surface area contributed by atoms with E-state index < -0.39 is 5.97 Å². The van der Waals surface area contributed by atoms with E-state index in [4.69, 9.17) is 5.11 Å². The van der Waals surface area contributed by atoms with Crippen molar-refractivity contribution in [2.75, 3.05) is 7.05 Å². The molecule has 0 saturated heterocycles. The van der Waals surface area contributed by atoms with Gasteiger partial charge < -0.3 is 10.0 Å². The normalized spacial score (nSPS) is 23.0. The highest BCUT2D eigenvalue weighted by molar-refractivity contribution is 7.07. The summed E-state index contributed by atoms with van der Waals surface area (Å²) in [6.45, 7) is 0.497. The number of rotatable bonds is 4. The Bertz CT molecular complexity index is 447. The first-order valence-electron chi connectivity index (χ1n) is 6.42. The fourth-order valence-corrected chi connectivity index (χ4v) is 3.14. The van der Waals surface area contributed by atoms with E-state index >= 15 is 0 Å². The Morgan fingerprint density at radius 1 is 1.47 bits per heavy atom. The Labute approximate surface area is 116 Å². The van der Waals surface area contributed by atoms with Crippen molar-refractivity contribution in [2.24, 2.45) is 11.8 Å². The van der Waals surface area contributed by atoms with Gasteiger partial charge in [0.25, 0.3) is 0 Å². The highest BCUT2D eigenvalue weighted by Crippen LogP contribution is 2.30. The molecule has 0 radical (unpaired) electrons. The van der Waals surface area contributed by atoms with E-state index in [1.165, 1.54) is 11.3 Å². The lowest BCUT2D eigenvalue weighted by atomic mass is 9.81. The molecule has 1 heterocycles. The molecule has 104 valence electrons. The van der Waals surface area contributed by atoms with Gasteiger partial charge in [-0.15, -0.1) is 11.3 Å². The second kappa shape index (κ2) is 6.14. The van der Waals surface area contributed by atoms with Gasteiger partial charge in [0.1, 0.15) is 0 Å². The largest absolute Gasteiger partial charge is 0.481 e. The maximum absolute atomic E-state index is 12.3. The summed E-state index contributed by atoms with van der Waals surface area (Å²) in [6.07, 6.45) is 2.77. The zero-order valence-corrected chi connectivity index (χ0v) is 11.7. The lowest BCUT2D eigenvalue weighted by molar-refractivity contribution is -0.145. The van der Waals surface area contributed by atoms with E-state index in [2.05, 4.69) is 4.98 Å². The zero-order chi connectivity index (χ0) is 13.8. The molecule has 1 aromatic rings. The molecular formula is C13H18N2O3S. The third-order valence-corrected chi connectivity index (χ3v) is 4.27. The maximum atomic E-state index is 12.3. The minimum Gasteiger partial charge on any atom is -0.481 e. The lowest BCUT2D eigenvalue weighted by Gasteiger charge is -2.29. The molecule has 0 unspecified atom stereocenters. The van der Waals surface area contributed by atoms with Crippen LogP contribution in [0.2, 0.25) is 0 Å². The van der Waals surface area contributed by atoms with Gasteiger partial charge in [-0.2, -0.15) is 0 Å². The topological polar surface area (TPSA) is 70.5 Å². The van der Waals surface area contributed by atoms with Gasteiger partial charge in [0.05, 0.1) is 23.7 Å². The maximum Gasteiger partial charge on any atom is 0.306 e. The van der Waals surface area contributed by atoms with Crippen LogP contribution in [0.15, 0.2) is 10.9 Å². The second-order valence-corrected chi connectivity index (χ2v) is 5.79. The highest BCUT2D eigenvalue weighted by atomic mass is 32.1. The highest BCUT2D eigenvalue weighted by Gasteiger charge is 2.32. The van der Waals surface area contributed by atoms with Gasteiger partial charge in [0.2, 0.25) is 5.91 Å². The molecule has 0 aromatic carbocycles. The molecule has 19 heavy (non-hydrogen) atoms. The Morgan fingerprint density at radius 2 is 2.21 bits per heavy atom. The molecule has 1 amide bonds. The first kappa shape index (κ1) is 14.0. The smallest absolute Gasteiger partial charge is 0.306 e. The van der Waals surface area contributed by atoms with Crippen LogP contribution in [0.1, 0.15) is 31.4 Å². The Kier molecular flexibility index (Phi) is 4.52. The van der Waals surface area contributed by atoms with Crippen molar-refractivity contribution in [1.82, 2.24) is 9.88 Å². The van der Waals surface area contributed by atoms with E-state index in [0.717, 1.165) is 18.5 Å². The average molecular weight is 282 g/mol. The minimum absolute atomic E-state index is 0.0407. The fourth-order valence-electron chi connectivity index (χ4n) is 2.59. The number of carbonyl (C=O) groups is 2. The van der Waals surface area contributed by atoms with Crippen molar-refractivity contribution in [3.63, 3.8) is 0 Å². The van der Waals surface area contributed by atoms with Gasteiger partial charge in [0.15, 0.2) is 0 Å². The molecule has 2 rings (SSSR count). The molecule has 1 saturated carbocycles. The molecule has 0 spiro atoms. The van der Waals surface area contributed by atoms with Gasteiger partial charge in [-0.1, -0.05) is 6.42 Å². The Hall–Kier alpha value is -1.43. The fraction of sp³-hybridized carbons (Fsp3) is 0.615. The van der Waals surface area contributed by atoms with Crippen molar-refractivity contribution in [3.05, 3.63) is 16.6 Å². The summed E-state index contributed by atoms with van der Waals surface area (Å²) < 4.78 is 0. The van der Waals surface area contributed by atoms with E-state index in [1.54, 1.807) is 17.5 Å². The van der Waals surface area contributed by atoms with Gasteiger partial charge in [-0.3, -0.25) is 9.59 Å². The van der Waals surface area contributed by atoms with Crippen LogP contribution in [0.5, 0.6) is 0 Å². The SMILES string of the molecule is CN(Cc1cscn1)C(=O)[C@@H]1CCC[C@@H](C(=O)O)C1. The van der Waals surface area contributed by atoms with Crippen LogP contribution in [0.3, 0.4) is 0 Å². The van der Waals surface area contributed by atoms with Crippen LogP contribution in [-0.2, 0) is 16.1 Å². The first-order valence-corrected chi connectivity index (χ1v) is 7.37. The van der Waals surface area contributed by atoms with E-state index in [0.29, 0.717) is 19.4 Å². The van der Waals surface area contributed by atoms with Gasteiger partial charge >= 0.3 is 5.97 Å². The minimum atomic E-state index is -0.778. The molecule has 0 aliphatic heterocycles. The van der Waals surface area contributed by atoms with Crippen LogP contribution in [-0.4, -0.2) is 33.9 Å². The third kappa shape index (κ3) is 3.53. The number of carboxylic acid groups (broad SMARTS) is 1. The number of aliphatic carboxylic acids is 1. The van der Waals surface area contributed by atoms with Gasteiger partial charge in [0, 0.05) is 18.3 Å². The van der Waals surface area contributed by atoms with Crippen molar-refractivity contribution < 1.29 is 14.7 Å². The summed E-state index contributed by atoms with van der Waals surface area (Å²) >= 11 is 1.51. The number of amides is 1. The van der Waals surface area contributed by atoms with Crippen molar-refractivity contribution in [1.29, 1.82) is 0 Å². The van der Waals surface area contributed by atoms with E-state index in [9.17, 15) is 9.59 Å². The molecule has 1 N–H and O–H groups in total. The predicted molar refractivity (Wildman–Crippen MR) is 71.7 cm³/mol. The number of nitrogens with zero attached hydrogens (tertiary/aromatic N) is 2. The zero-order valence-electron chi connectivity index (χ0n) is 10.9. The number of hydrogen-bond acceptors (Lipinski definition) is 4. The molecule has 1 aliphatic rings. The summed E-state index contributed by atoms with van der Waals surface area (Å²) in [5.41, 5.74) is 2.63. The van der Waals surface area contributed by atoms with Crippen LogP contribution in [0.4, 0.5) is 0 Å². The summed E-state index contributed by atoms with van der Waals surface area (Å²) in [7, 11) is 1.76. The third-order valence-electron chi connectivity index (χ3n) is 3.63. The average Bonchev–Trinajstić information content (AvgIpc) is 2.90. The van der Waals surface area contributed by atoms with Crippen molar-refractivity contribution in [3.8, 4) is 0 Å². The van der Waals surface area contributed by atoms with Crippen LogP contribution in [0, 0.1) is 11.8 Å². The number of aromatic nitrogens is 1. The quantitative estimate of drug-likeness (QED) is 0.917. The molecule has 1 aromatic heterocycles. The van der Waals surface area contributed by atoms with Crippen molar-refractivity contribution in [2.45, 2.75) is 32.2 Å². The molecule has 6 heteroatoms. The van der Waals surface area contributed by atoms with E-state index in [1.807, 2.05) is 5.38 Å². The standard InChI is InChI=1S/C13H18N2O3S/c1-15(6-11-7-19-8-14-11)12(16)9-3-2-4-10(5-9)13(17)18/h7-10H,2-6H2,1H3,(H,17,18)/t9-,10-/m1/s1. The molecule has 2 atom stereocenters. The number of thiazole rings is 1. The molecular weight excluding hydrogens is 264 g/mol. The van der Waals surface area contributed by atoms with E-state index in [-0.39, 0.29) is 17.7 Å². The first-order chi connectivity index (χ1) is 9.08. The molecule has 5 nitrogen and oxygen atoms in total. The Morgan fingerprint density at radius 3 is 2.84 bits per heavy atom. The summed E-state index contributed by atoms with van der Waals surface area (Å²) in [4.78, 5) is 29.1. The monoisotopic (exact) mass is 282 g/mol. The molecule has 1 fully saturated rings. The lowest BCUT2D eigenvalue weighted by Crippen LogP contribution is -2.36. The van der Waals surface area contributed by atoms with Crippen LogP contribution < -0.4 is 0 Å². The van der Waals surface area contributed by atoms with Gasteiger partial charge in [-0.05, 0) is 19.3 Å². The van der Waals surface area contributed by atoms with Crippen LogP contribution in [0.25, 0.3) is 0 Å². The van der Waals surface area contributed by atoms with Gasteiger partial charge in [-0.25, -0.2) is 4.98 Å². The van der Waals surface area contributed by atoms with Crippen molar-refractivity contribution >= 4 is 23.2 Å². The number of carboxylic acids is 1. The predicted octanol–water partition coefficient (Wildman–Crippen LogP) is 1.99. The second-order valence-electron chi connectivity index (χ2n) is 5.07.